The molecule has 3 nitrogen and oxygen atoms in total. The highest BCUT2D eigenvalue weighted by Crippen LogP contribution is 2.30. The molecule has 1 heterocycles. The van der Waals surface area contributed by atoms with Crippen LogP contribution in [0.25, 0.3) is 0 Å². The molecule has 0 aliphatic carbocycles. The van der Waals surface area contributed by atoms with Crippen LogP contribution in [0.4, 0.5) is 5.69 Å². The van der Waals surface area contributed by atoms with Crippen molar-refractivity contribution in [1.82, 2.24) is 4.90 Å². The van der Waals surface area contributed by atoms with Crippen molar-refractivity contribution in [3.8, 4) is 0 Å². The van der Waals surface area contributed by atoms with E-state index in [4.69, 9.17) is 5.73 Å². The van der Waals surface area contributed by atoms with Crippen molar-refractivity contribution in [1.29, 1.82) is 0 Å². The van der Waals surface area contributed by atoms with Gasteiger partial charge >= 0.3 is 0 Å². The van der Waals surface area contributed by atoms with Crippen LogP contribution in [0, 0.1) is 0 Å². The van der Waals surface area contributed by atoms with Gasteiger partial charge in [-0.2, -0.15) is 0 Å². The van der Waals surface area contributed by atoms with Crippen molar-refractivity contribution in [3.05, 3.63) is 28.2 Å². The van der Waals surface area contributed by atoms with Gasteiger partial charge in [0.05, 0.1) is 5.69 Å². The third-order valence-electron chi connectivity index (χ3n) is 4.10. The van der Waals surface area contributed by atoms with E-state index in [-0.39, 0.29) is 6.04 Å². The average Bonchev–Trinajstić information content (AvgIpc) is 2.37. The topological polar surface area (TPSA) is 32.5 Å². The standard InChI is InChI=1S/C16H26BrN3/c1-12(18)9-13-6-7-16(15(17)10-13)20(3)14-5-4-8-19(2)11-14/h6-7,10,12,14H,4-5,8-9,11,18H2,1-3H3. The van der Waals surface area contributed by atoms with Crippen molar-refractivity contribution in [2.75, 3.05) is 32.1 Å². The number of hydrogen-bond acceptors (Lipinski definition) is 3. The van der Waals surface area contributed by atoms with Crippen LogP contribution < -0.4 is 10.6 Å². The van der Waals surface area contributed by atoms with Crippen LogP contribution in [-0.4, -0.2) is 44.2 Å². The third kappa shape index (κ3) is 3.96. The van der Waals surface area contributed by atoms with Gasteiger partial charge in [-0.3, -0.25) is 0 Å². The molecule has 1 saturated heterocycles. The van der Waals surface area contributed by atoms with Gasteiger partial charge in [-0.15, -0.1) is 0 Å². The van der Waals surface area contributed by atoms with E-state index in [9.17, 15) is 0 Å². The van der Waals surface area contributed by atoms with Crippen LogP contribution in [0.15, 0.2) is 22.7 Å². The van der Waals surface area contributed by atoms with E-state index in [1.165, 1.54) is 35.1 Å². The van der Waals surface area contributed by atoms with Crippen LogP contribution in [0.1, 0.15) is 25.3 Å². The summed E-state index contributed by atoms with van der Waals surface area (Å²) in [4.78, 5) is 4.83. The Morgan fingerprint density at radius 3 is 2.85 bits per heavy atom. The Morgan fingerprint density at radius 1 is 1.50 bits per heavy atom. The summed E-state index contributed by atoms with van der Waals surface area (Å²) in [6.07, 6.45) is 3.48. The van der Waals surface area contributed by atoms with Gasteiger partial charge in [0.15, 0.2) is 0 Å². The zero-order valence-corrected chi connectivity index (χ0v) is 14.4. The van der Waals surface area contributed by atoms with Crippen molar-refractivity contribution >= 4 is 21.6 Å². The summed E-state index contributed by atoms with van der Waals surface area (Å²) in [6.45, 7) is 4.41. The second-order valence-corrected chi connectivity index (χ2v) is 6.99. The van der Waals surface area contributed by atoms with Crippen molar-refractivity contribution in [3.63, 3.8) is 0 Å². The molecule has 0 bridgehead atoms. The van der Waals surface area contributed by atoms with Crippen LogP contribution >= 0.6 is 15.9 Å². The predicted molar refractivity (Wildman–Crippen MR) is 90.4 cm³/mol. The fourth-order valence-corrected chi connectivity index (χ4v) is 3.69. The molecule has 0 aromatic heterocycles. The summed E-state index contributed by atoms with van der Waals surface area (Å²) in [5.41, 5.74) is 8.45. The quantitative estimate of drug-likeness (QED) is 0.915. The predicted octanol–water partition coefficient (Wildman–Crippen LogP) is 2.87. The molecule has 1 aromatic rings. The summed E-state index contributed by atoms with van der Waals surface area (Å²) in [5.74, 6) is 0. The van der Waals surface area contributed by atoms with Gasteiger partial charge in [0.25, 0.3) is 0 Å². The Labute approximate surface area is 131 Å². The summed E-state index contributed by atoms with van der Waals surface area (Å²) >= 11 is 3.72. The Morgan fingerprint density at radius 2 is 2.25 bits per heavy atom. The van der Waals surface area contributed by atoms with Gasteiger partial charge in [0, 0.05) is 30.1 Å². The lowest BCUT2D eigenvalue weighted by atomic mass is 10.0. The van der Waals surface area contributed by atoms with Crippen LogP contribution in [-0.2, 0) is 6.42 Å². The number of likely N-dealkylation sites (N-methyl/N-ethyl adjacent to an activating group) is 2. The van der Waals surface area contributed by atoms with Crippen LogP contribution in [0.3, 0.4) is 0 Å². The lowest BCUT2D eigenvalue weighted by Crippen LogP contribution is -2.45. The number of anilines is 1. The number of halogens is 1. The van der Waals surface area contributed by atoms with Crippen molar-refractivity contribution < 1.29 is 0 Å². The molecular formula is C16H26BrN3. The van der Waals surface area contributed by atoms with Gasteiger partial charge in [-0.05, 0) is 73.4 Å². The SMILES string of the molecule is CC(N)Cc1ccc(N(C)C2CCCN(C)C2)c(Br)c1. The Balaban J connectivity index is 2.11. The maximum absolute atomic E-state index is 5.87. The fraction of sp³-hybridized carbons (Fsp3) is 0.625. The van der Waals surface area contributed by atoms with E-state index in [0.29, 0.717) is 6.04 Å². The molecular weight excluding hydrogens is 314 g/mol. The second kappa shape index (κ2) is 6.92. The first-order valence-corrected chi connectivity index (χ1v) is 8.22. The number of rotatable bonds is 4. The minimum absolute atomic E-state index is 0.206. The maximum Gasteiger partial charge on any atom is 0.0511 e. The smallest absolute Gasteiger partial charge is 0.0511 e. The van der Waals surface area contributed by atoms with Gasteiger partial charge < -0.3 is 15.5 Å². The Hall–Kier alpha value is -0.580. The molecule has 1 aliphatic rings. The highest BCUT2D eigenvalue weighted by Gasteiger charge is 2.22. The zero-order valence-electron chi connectivity index (χ0n) is 12.8. The average molecular weight is 340 g/mol. The van der Waals surface area contributed by atoms with Gasteiger partial charge in [0.1, 0.15) is 0 Å². The number of nitrogens with zero attached hydrogens (tertiary/aromatic N) is 2. The molecule has 1 aliphatic heterocycles. The van der Waals surface area contributed by atoms with Crippen LogP contribution in [0.5, 0.6) is 0 Å². The molecule has 0 radical (unpaired) electrons. The lowest BCUT2D eigenvalue weighted by molar-refractivity contribution is 0.248. The largest absolute Gasteiger partial charge is 0.369 e. The minimum Gasteiger partial charge on any atom is -0.369 e. The number of likely N-dealkylation sites (tertiary alicyclic amines) is 1. The molecule has 2 atom stereocenters. The van der Waals surface area contributed by atoms with Gasteiger partial charge in [-0.25, -0.2) is 0 Å². The molecule has 2 N–H and O–H groups in total. The number of benzene rings is 1. The molecule has 1 aromatic carbocycles. The summed E-state index contributed by atoms with van der Waals surface area (Å²) in [7, 11) is 4.41. The van der Waals surface area contributed by atoms with E-state index in [0.717, 1.165) is 13.0 Å². The van der Waals surface area contributed by atoms with Crippen molar-refractivity contribution in [2.45, 2.75) is 38.3 Å². The first-order chi connectivity index (χ1) is 9.47. The molecule has 0 amide bonds. The molecule has 20 heavy (non-hydrogen) atoms. The normalized spacial score (nSPS) is 21.8. The third-order valence-corrected chi connectivity index (χ3v) is 4.73. The van der Waals surface area contributed by atoms with Crippen molar-refractivity contribution in [2.24, 2.45) is 5.73 Å². The van der Waals surface area contributed by atoms with E-state index in [1.807, 2.05) is 6.92 Å². The molecule has 0 spiro atoms. The number of nitrogens with two attached hydrogens (primary N) is 1. The molecule has 0 saturated carbocycles. The Bertz CT molecular complexity index is 447. The molecule has 112 valence electrons. The van der Waals surface area contributed by atoms with E-state index in [2.05, 4.69) is 58.0 Å². The van der Waals surface area contributed by atoms with Gasteiger partial charge in [-0.1, -0.05) is 6.07 Å². The molecule has 2 rings (SSSR count). The number of hydrogen-bond donors (Lipinski definition) is 1. The second-order valence-electron chi connectivity index (χ2n) is 6.14. The monoisotopic (exact) mass is 339 g/mol. The summed E-state index contributed by atoms with van der Waals surface area (Å²) in [5, 5.41) is 0. The fourth-order valence-electron chi connectivity index (χ4n) is 2.99. The molecule has 2 unspecified atom stereocenters. The van der Waals surface area contributed by atoms with Crippen LogP contribution in [0.2, 0.25) is 0 Å². The summed E-state index contributed by atoms with van der Waals surface area (Å²) in [6, 6.07) is 7.44. The highest BCUT2D eigenvalue weighted by atomic mass is 79.9. The van der Waals surface area contributed by atoms with E-state index < -0.39 is 0 Å². The lowest BCUT2D eigenvalue weighted by Gasteiger charge is -2.37. The first kappa shape index (κ1) is 15.8. The minimum atomic E-state index is 0.206. The zero-order chi connectivity index (χ0) is 14.7. The van der Waals surface area contributed by atoms with Gasteiger partial charge in [0.2, 0.25) is 0 Å². The molecule has 4 heteroatoms. The molecule has 1 fully saturated rings. The maximum atomic E-state index is 5.87. The van der Waals surface area contributed by atoms with E-state index >= 15 is 0 Å². The first-order valence-electron chi connectivity index (χ1n) is 7.42. The van der Waals surface area contributed by atoms with E-state index in [1.54, 1.807) is 0 Å². The summed E-state index contributed by atoms with van der Waals surface area (Å²) < 4.78 is 1.17. The Kier molecular flexibility index (Phi) is 5.47. The number of piperidine rings is 1. The highest BCUT2D eigenvalue weighted by molar-refractivity contribution is 9.10.